The van der Waals surface area contributed by atoms with Gasteiger partial charge in [0.1, 0.15) is 18.4 Å². The first-order valence-electron chi connectivity index (χ1n) is 6.74. The van der Waals surface area contributed by atoms with Gasteiger partial charge in [-0.05, 0) is 25.5 Å². The normalized spacial score (nSPS) is 12.3. The van der Waals surface area contributed by atoms with Crippen LogP contribution in [0.15, 0.2) is 35.0 Å². The number of nitrogens with zero attached hydrogens (tertiary/aromatic N) is 1. The minimum absolute atomic E-state index is 0.225. The van der Waals surface area contributed by atoms with Gasteiger partial charge >= 0.3 is 5.97 Å². The monoisotopic (exact) mass is 279 g/mol. The highest BCUT2D eigenvalue weighted by molar-refractivity contribution is 5.78. The standard InChI is InChI=1S/C15H21NO4/c1-3-5-9-20-15(18)14(7-4-2)16(12-17)11-13-8-6-10-19-13/h3,5-6,8,10,12,14H,4,7,9,11H2,1-2H3. The van der Waals surface area contributed by atoms with Gasteiger partial charge in [-0.3, -0.25) is 4.79 Å². The molecule has 0 saturated heterocycles. The quantitative estimate of drug-likeness (QED) is 0.396. The molecule has 0 N–H and O–H groups in total. The van der Waals surface area contributed by atoms with Crippen LogP contribution in [0.3, 0.4) is 0 Å². The summed E-state index contributed by atoms with van der Waals surface area (Å²) < 4.78 is 10.4. The van der Waals surface area contributed by atoms with Gasteiger partial charge < -0.3 is 14.1 Å². The lowest BCUT2D eigenvalue weighted by Crippen LogP contribution is -2.41. The number of esters is 1. The van der Waals surface area contributed by atoms with Crippen LogP contribution in [-0.4, -0.2) is 29.9 Å². The van der Waals surface area contributed by atoms with Crippen molar-refractivity contribution in [1.82, 2.24) is 4.90 Å². The Labute approximate surface area is 119 Å². The Kier molecular flexibility index (Phi) is 7.17. The van der Waals surface area contributed by atoms with Crippen molar-refractivity contribution >= 4 is 12.4 Å². The Bertz CT molecular complexity index is 425. The molecule has 0 saturated carbocycles. The maximum atomic E-state index is 12.0. The summed E-state index contributed by atoms with van der Waals surface area (Å²) in [6.07, 6.45) is 7.11. The zero-order valence-corrected chi connectivity index (χ0v) is 12.0. The van der Waals surface area contributed by atoms with Gasteiger partial charge in [0.15, 0.2) is 0 Å². The average molecular weight is 279 g/mol. The van der Waals surface area contributed by atoms with E-state index in [0.29, 0.717) is 18.6 Å². The largest absolute Gasteiger partial charge is 0.467 e. The summed E-state index contributed by atoms with van der Waals surface area (Å²) in [5, 5.41) is 0. The van der Waals surface area contributed by atoms with E-state index < -0.39 is 6.04 Å². The van der Waals surface area contributed by atoms with Crippen molar-refractivity contribution < 1.29 is 18.7 Å². The molecule has 1 heterocycles. The van der Waals surface area contributed by atoms with Crippen LogP contribution in [-0.2, 0) is 20.9 Å². The van der Waals surface area contributed by atoms with Crippen LogP contribution >= 0.6 is 0 Å². The maximum Gasteiger partial charge on any atom is 0.329 e. The van der Waals surface area contributed by atoms with E-state index in [4.69, 9.17) is 9.15 Å². The first-order chi connectivity index (χ1) is 9.72. The molecule has 0 spiro atoms. The Balaban J connectivity index is 2.69. The Hall–Kier alpha value is -2.04. The van der Waals surface area contributed by atoms with Crippen molar-refractivity contribution in [3.05, 3.63) is 36.3 Å². The lowest BCUT2D eigenvalue weighted by Gasteiger charge is -2.25. The molecule has 5 nitrogen and oxygen atoms in total. The topological polar surface area (TPSA) is 59.8 Å². The van der Waals surface area contributed by atoms with E-state index in [1.807, 2.05) is 19.9 Å². The van der Waals surface area contributed by atoms with Crippen LogP contribution < -0.4 is 0 Å². The number of amides is 1. The average Bonchev–Trinajstić information content (AvgIpc) is 2.95. The van der Waals surface area contributed by atoms with Gasteiger partial charge in [0, 0.05) is 0 Å². The lowest BCUT2D eigenvalue weighted by molar-refractivity contribution is -0.152. The second kappa shape index (κ2) is 8.96. The second-order valence-corrected chi connectivity index (χ2v) is 4.36. The Morgan fingerprint density at radius 3 is 2.90 bits per heavy atom. The first kappa shape index (κ1) is 16.0. The van der Waals surface area contributed by atoms with Crippen LogP contribution in [0, 0.1) is 0 Å². The molecule has 110 valence electrons. The molecule has 1 rings (SSSR count). The van der Waals surface area contributed by atoms with Crippen LogP contribution in [0.2, 0.25) is 0 Å². The summed E-state index contributed by atoms with van der Waals surface area (Å²) in [4.78, 5) is 24.7. The SMILES string of the molecule is CC=CCOC(=O)C(CCC)N(C=O)Cc1ccco1. The van der Waals surface area contributed by atoms with Crippen LogP contribution in [0.4, 0.5) is 0 Å². The van der Waals surface area contributed by atoms with E-state index in [0.717, 1.165) is 6.42 Å². The minimum Gasteiger partial charge on any atom is -0.467 e. The number of carbonyl (C=O) groups excluding carboxylic acids is 2. The van der Waals surface area contributed by atoms with Gasteiger partial charge in [0.2, 0.25) is 6.41 Å². The van der Waals surface area contributed by atoms with Gasteiger partial charge in [-0.2, -0.15) is 0 Å². The van der Waals surface area contributed by atoms with Crippen molar-refractivity contribution in [1.29, 1.82) is 0 Å². The molecule has 1 atom stereocenters. The minimum atomic E-state index is -0.576. The predicted octanol–water partition coefficient (Wildman–Crippen LogP) is 2.53. The van der Waals surface area contributed by atoms with Crippen LogP contribution in [0.5, 0.6) is 0 Å². The number of ether oxygens (including phenoxy) is 1. The molecular weight excluding hydrogens is 258 g/mol. The Morgan fingerprint density at radius 1 is 1.55 bits per heavy atom. The summed E-state index contributed by atoms with van der Waals surface area (Å²) in [5.74, 6) is 0.253. The highest BCUT2D eigenvalue weighted by Gasteiger charge is 2.26. The molecule has 0 aliphatic carbocycles. The molecule has 20 heavy (non-hydrogen) atoms. The molecule has 5 heteroatoms. The first-order valence-corrected chi connectivity index (χ1v) is 6.74. The molecule has 0 aromatic carbocycles. The van der Waals surface area contributed by atoms with Crippen molar-refractivity contribution in [2.24, 2.45) is 0 Å². The molecule has 1 aromatic rings. The number of carbonyl (C=O) groups is 2. The van der Waals surface area contributed by atoms with E-state index in [-0.39, 0.29) is 19.1 Å². The number of furan rings is 1. The highest BCUT2D eigenvalue weighted by atomic mass is 16.5. The van der Waals surface area contributed by atoms with Gasteiger partial charge in [0.05, 0.1) is 12.8 Å². The third-order valence-corrected chi connectivity index (χ3v) is 2.85. The summed E-state index contributed by atoms with van der Waals surface area (Å²) in [7, 11) is 0. The molecule has 0 fully saturated rings. The number of allylic oxidation sites excluding steroid dienone is 1. The summed E-state index contributed by atoms with van der Waals surface area (Å²) in [5.41, 5.74) is 0. The van der Waals surface area contributed by atoms with Crippen molar-refractivity contribution in [3.63, 3.8) is 0 Å². The maximum absolute atomic E-state index is 12.0. The summed E-state index contributed by atoms with van der Waals surface area (Å²) >= 11 is 0. The number of rotatable bonds is 9. The fraction of sp³-hybridized carbons (Fsp3) is 0.467. The number of hydrogen-bond acceptors (Lipinski definition) is 4. The van der Waals surface area contributed by atoms with Crippen molar-refractivity contribution in [2.45, 2.75) is 39.3 Å². The van der Waals surface area contributed by atoms with Crippen molar-refractivity contribution in [3.8, 4) is 0 Å². The number of hydrogen-bond donors (Lipinski definition) is 0. The van der Waals surface area contributed by atoms with Crippen LogP contribution in [0.1, 0.15) is 32.4 Å². The van der Waals surface area contributed by atoms with Gasteiger partial charge in [-0.25, -0.2) is 4.79 Å². The molecule has 0 bridgehead atoms. The van der Waals surface area contributed by atoms with E-state index in [1.165, 1.54) is 11.2 Å². The molecule has 0 aliphatic heterocycles. The van der Waals surface area contributed by atoms with E-state index in [9.17, 15) is 9.59 Å². The zero-order chi connectivity index (χ0) is 14.8. The highest BCUT2D eigenvalue weighted by Crippen LogP contribution is 2.13. The van der Waals surface area contributed by atoms with E-state index >= 15 is 0 Å². The molecule has 0 aliphatic rings. The smallest absolute Gasteiger partial charge is 0.329 e. The molecule has 0 radical (unpaired) electrons. The third kappa shape index (κ3) is 4.91. The fourth-order valence-electron chi connectivity index (χ4n) is 1.82. The predicted molar refractivity (Wildman–Crippen MR) is 74.8 cm³/mol. The van der Waals surface area contributed by atoms with Gasteiger partial charge in [-0.1, -0.05) is 25.5 Å². The molecule has 1 aromatic heterocycles. The molecule has 1 unspecified atom stereocenters. The Morgan fingerprint density at radius 2 is 2.35 bits per heavy atom. The van der Waals surface area contributed by atoms with E-state index in [1.54, 1.807) is 18.2 Å². The summed E-state index contributed by atoms with van der Waals surface area (Å²) in [6, 6.07) is 2.94. The third-order valence-electron chi connectivity index (χ3n) is 2.85. The van der Waals surface area contributed by atoms with Gasteiger partial charge in [0.25, 0.3) is 0 Å². The van der Waals surface area contributed by atoms with Crippen LogP contribution in [0.25, 0.3) is 0 Å². The van der Waals surface area contributed by atoms with E-state index in [2.05, 4.69) is 0 Å². The molecular formula is C15H21NO4. The fourth-order valence-corrected chi connectivity index (χ4v) is 1.82. The second-order valence-electron chi connectivity index (χ2n) is 4.36. The van der Waals surface area contributed by atoms with Crippen molar-refractivity contribution in [2.75, 3.05) is 6.61 Å². The molecule has 1 amide bonds. The summed E-state index contributed by atoms with van der Waals surface area (Å²) in [6.45, 7) is 4.30. The zero-order valence-electron chi connectivity index (χ0n) is 12.0. The van der Waals surface area contributed by atoms with Gasteiger partial charge in [-0.15, -0.1) is 0 Å². The lowest BCUT2D eigenvalue weighted by atomic mass is 10.1.